The zero-order chi connectivity index (χ0) is 23.6. The number of fused-ring (bicyclic) bond motifs is 1. The normalized spacial score (nSPS) is 13.7. The number of hydrogen-bond donors (Lipinski definition) is 1. The van der Waals surface area contributed by atoms with E-state index in [-0.39, 0.29) is 16.6 Å². The number of sulfonamides is 1. The molecule has 170 valence electrons. The molecule has 8 heteroatoms. The van der Waals surface area contributed by atoms with Crippen molar-refractivity contribution in [1.29, 1.82) is 0 Å². The standard InChI is InChI=1S/C24H27NO6S/c1-6-16(4)23(25-32(28,29)18-9-7-14(2)8-10-18)24(27)31-20-12-15(3)11-19-22(20)17(5)13-21(26)30-19/h7-13,16,23,25H,6H2,1-5H3. The number of carbonyl (C=O) groups excluding carboxylic acids is 1. The lowest BCUT2D eigenvalue weighted by Gasteiger charge is -2.23. The fourth-order valence-electron chi connectivity index (χ4n) is 3.41. The maximum Gasteiger partial charge on any atom is 0.336 e. The lowest BCUT2D eigenvalue weighted by atomic mass is 10.0. The van der Waals surface area contributed by atoms with Crippen LogP contribution in [0.25, 0.3) is 11.0 Å². The van der Waals surface area contributed by atoms with Gasteiger partial charge in [0, 0.05) is 6.07 Å². The van der Waals surface area contributed by atoms with Crippen molar-refractivity contribution < 1.29 is 22.4 Å². The number of carbonyl (C=O) groups is 1. The summed E-state index contributed by atoms with van der Waals surface area (Å²) in [5, 5.41) is 0.493. The first-order valence-corrected chi connectivity index (χ1v) is 11.9. The van der Waals surface area contributed by atoms with Crippen LogP contribution in [0.4, 0.5) is 0 Å². The topological polar surface area (TPSA) is 103 Å². The number of benzene rings is 2. The van der Waals surface area contributed by atoms with E-state index >= 15 is 0 Å². The Balaban J connectivity index is 1.97. The number of ether oxygens (including phenoxy) is 1. The molecule has 2 unspecified atom stereocenters. The first-order chi connectivity index (χ1) is 15.0. The quantitative estimate of drug-likeness (QED) is 0.327. The molecule has 0 saturated heterocycles. The maximum absolute atomic E-state index is 13.2. The number of hydrogen-bond acceptors (Lipinski definition) is 6. The van der Waals surface area contributed by atoms with Crippen molar-refractivity contribution in [3.05, 3.63) is 69.6 Å². The molecule has 1 N–H and O–H groups in total. The van der Waals surface area contributed by atoms with Crippen LogP contribution >= 0.6 is 0 Å². The monoisotopic (exact) mass is 457 g/mol. The molecule has 0 bridgehead atoms. The minimum absolute atomic E-state index is 0.0721. The molecule has 1 heterocycles. The summed E-state index contributed by atoms with van der Waals surface area (Å²) in [5.74, 6) is -0.834. The van der Waals surface area contributed by atoms with E-state index < -0.39 is 27.7 Å². The van der Waals surface area contributed by atoms with E-state index in [1.165, 1.54) is 18.2 Å². The zero-order valence-electron chi connectivity index (χ0n) is 18.8. The lowest BCUT2D eigenvalue weighted by Crippen LogP contribution is -2.47. The SMILES string of the molecule is CCC(C)C(NS(=O)(=O)c1ccc(C)cc1)C(=O)Oc1cc(C)cc2oc(=O)cc(C)c12. The smallest absolute Gasteiger partial charge is 0.336 e. The largest absolute Gasteiger partial charge is 0.425 e. The first kappa shape index (κ1) is 23.7. The third-order valence-corrected chi connectivity index (χ3v) is 6.90. The highest BCUT2D eigenvalue weighted by atomic mass is 32.2. The Kier molecular flexibility index (Phi) is 6.85. The summed E-state index contributed by atoms with van der Waals surface area (Å²) >= 11 is 0. The lowest BCUT2D eigenvalue weighted by molar-refractivity contribution is -0.137. The van der Waals surface area contributed by atoms with Gasteiger partial charge in [-0.25, -0.2) is 18.0 Å². The summed E-state index contributed by atoms with van der Waals surface area (Å²) in [5.41, 5.74) is 2.06. The summed E-state index contributed by atoms with van der Waals surface area (Å²) in [6, 6.07) is 9.95. The second kappa shape index (κ2) is 9.26. The average molecular weight is 458 g/mol. The highest BCUT2D eigenvalue weighted by molar-refractivity contribution is 7.89. The van der Waals surface area contributed by atoms with Gasteiger partial charge < -0.3 is 9.15 Å². The zero-order valence-corrected chi connectivity index (χ0v) is 19.6. The van der Waals surface area contributed by atoms with Crippen LogP contribution in [0.2, 0.25) is 0 Å². The highest BCUT2D eigenvalue weighted by Crippen LogP contribution is 2.30. The van der Waals surface area contributed by atoms with Gasteiger partial charge in [0.25, 0.3) is 0 Å². The van der Waals surface area contributed by atoms with Crippen LogP contribution in [0.1, 0.15) is 37.0 Å². The maximum atomic E-state index is 13.2. The Morgan fingerprint density at radius 2 is 1.72 bits per heavy atom. The van der Waals surface area contributed by atoms with Crippen LogP contribution in [0.3, 0.4) is 0 Å². The molecule has 3 rings (SSSR count). The average Bonchev–Trinajstić information content (AvgIpc) is 2.70. The van der Waals surface area contributed by atoms with Crippen molar-refractivity contribution >= 4 is 27.0 Å². The van der Waals surface area contributed by atoms with Gasteiger partial charge in [-0.2, -0.15) is 4.72 Å². The van der Waals surface area contributed by atoms with Crippen LogP contribution in [0.5, 0.6) is 5.75 Å². The predicted octanol–water partition coefficient (Wildman–Crippen LogP) is 4.02. The van der Waals surface area contributed by atoms with Crippen molar-refractivity contribution in [3.8, 4) is 5.75 Å². The van der Waals surface area contributed by atoms with Gasteiger partial charge in [-0.15, -0.1) is 0 Å². The van der Waals surface area contributed by atoms with Gasteiger partial charge in [-0.1, -0.05) is 38.0 Å². The molecular formula is C24H27NO6S. The molecule has 3 aromatic rings. The number of nitrogens with one attached hydrogen (secondary N) is 1. The number of rotatable bonds is 7. The molecule has 0 aliphatic heterocycles. The van der Waals surface area contributed by atoms with Crippen LogP contribution in [0, 0.1) is 26.7 Å². The molecular weight excluding hydrogens is 430 g/mol. The van der Waals surface area contributed by atoms with Gasteiger partial charge in [0.05, 0.1) is 10.3 Å². The molecule has 1 aromatic heterocycles. The fraction of sp³-hybridized carbons (Fsp3) is 0.333. The van der Waals surface area contributed by atoms with E-state index in [0.29, 0.717) is 23.0 Å². The van der Waals surface area contributed by atoms with Gasteiger partial charge in [-0.3, -0.25) is 0 Å². The number of aryl methyl sites for hydroxylation is 3. The second-order valence-corrected chi connectivity index (χ2v) is 9.82. The van der Waals surface area contributed by atoms with Gasteiger partial charge in [0.1, 0.15) is 17.4 Å². The van der Waals surface area contributed by atoms with E-state index in [2.05, 4.69) is 4.72 Å². The molecule has 2 aromatic carbocycles. The summed E-state index contributed by atoms with van der Waals surface area (Å²) < 4.78 is 39.3. The Morgan fingerprint density at radius 3 is 2.34 bits per heavy atom. The fourth-order valence-corrected chi connectivity index (χ4v) is 4.71. The minimum Gasteiger partial charge on any atom is -0.425 e. The Labute approximate surface area is 187 Å². The molecule has 0 radical (unpaired) electrons. The second-order valence-electron chi connectivity index (χ2n) is 8.10. The molecule has 0 amide bonds. The third kappa shape index (κ3) is 5.08. The Hall–Kier alpha value is -2.97. The summed E-state index contributed by atoms with van der Waals surface area (Å²) in [7, 11) is -3.94. The number of esters is 1. The van der Waals surface area contributed by atoms with Crippen molar-refractivity contribution in [1.82, 2.24) is 4.72 Å². The molecule has 0 aliphatic rings. The van der Waals surface area contributed by atoms with Gasteiger partial charge in [0.2, 0.25) is 10.0 Å². The summed E-state index contributed by atoms with van der Waals surface area (Å²) in [4.78, 5) is 25.0. The van der Waals surface area contributed by atoms with Crippen molar-refractivity contribution in [2.24, 2.45) is 5.92 Å². The van der Waals surface area contributed by atoms with E-state index in [4.69, 9.17) is 9.15 Å². The van der Waals surface area contributed by atoms with Gasteiger partial charge in [-0.05, 0) is 62.1 Å². The van der Waals surface area contributed by atoms with Gasteiger partial charge >= 0.3 is 11.6 Å². The molecule has 0 saturated carbocycles. The molecule has 32 heavy (non-hydrogen) atoms. The highest BCUT2D eigenvalue weighted by Gasteiger charge is 2.32. The van der Waals surface area contributed by atoms with Crippen LogP contribution < -0.4 is 15.1 Å². The van der Waals surface area contributed by atoms with E-state index in [1.54, 1.807) is 45.0 Å². The molecule has 2 atom stereocenters. The van der Waals surface area contributed by atoms with E-state index in [1.807, 2.05) is 13.8 Å². The van der Waals surface area contributed by atoms with Crippen LogP contribution in [0.15, 0.2) is 56.6 Å². The molecule has 7 nitrogen and oxygen atoms in total. The summed E-state index contributed by atoms with van der Waals surface area (Å²) in [6.45, 7) is 9.01. The minimum atomic E-state index is -3.94. The van der Waals surface area contributed by atoms with E-state index in [9.17, 15) is 18.0 Å². The Bertz CT molecular complexity index is 1310. The van der Waals surface area contributed by atoms with E-state index in [0.717, 1.165) is 11.1 Å². The van der Waals surface area contributed by atoms with Crippen LogP contribution in [-0.2, 0) is 14.8 Å². The van der Waals surface area contributed by atoms with Crippen molar-refractivity contribution in [2.45, 2.75) is 52.0 Å². The molecule has 0 spiro atoms. The van der Waals surface area contributed by atoms with Crippen molar-refractivity contribution in [2.75, 3.05) is 0 Å². The molecule has 0 aliphatic carbocycles. The summed E-state index contributed by atoms with van der Waals surface area (Å²) in [6.07, 6.45) is 0.554. The Morgan fingerprint density at radius 1 is 1.06 bits per heavy atom. The third-order valence-electron chi connectivity index (χ3n) is 5.44. The first-order valence-electron chi connectivity index (χ1n) is 10.4. The van der Waals surface area contributed by atoms with Crippen molar-refractivity contribution in [3.63, 3.8) is 0 Å². The van der Waals surface area contributed by atoms with Gasteiger partial charge in [0.15, 0.2) is 0 Å². The predicted molar refractivity (Wildman–Crippen MR) is 122 cm³/mol. The molecule has 0 fully saturated rings. The van der Waals surface area contributed by atoms with Crippen LogP contribution in [-0.4, -0.2) is 20.4 Å².